The van der Waals surface area contributed by atoms with E-state index in [2.05, 4.69) is 20.9 Å². The zero-order valence-corrected chi connectivity index (χ0v) is 13.8. The van der Waals surface area contributed by atoms with Gasteiger partial charge in [0.15, 0.2) is 5.69 Å². The lowest BCUT2D eigenvalue weighted by Crippen LogP contribution is -2.37. The first-order valence-electron chi connectivity index (χ1n) is 8.75. The Balaban J connectivity index is 1.60. The minimum absolute atomic E-state index is 0.160. The monoisotopic (exact) mass is 321 g/mol. The number of aliphatic hydroxyl groups excluding tert-OH is 1. The van der Waals surface area contributed by atoms with E-state index in [9.17, 15) is 9.90 Å². The van der Waals surface area contributed by atoms with Crippen LogP contribution in [0.2, 0.25) is 0 Å². The van der Waals surface area contributed by atoms with Gasteiger partial charge in [0.2, 0.25) is 0 Å². The predicted molar refractivity (Wildman–Crippen MR) is 86.2 cm³/mol. The van der Waals surface area contributed by atoms with Crippen molar-refractivity contribution in [3.8, 4) is 0 Å². The van der Waals surface area contributed by atoms with Crippen LogP contribution in [-0.2, 0) is 0 Å². The normalized spacial score (nSPS) is 26.2. The van der Waals surface area contributed by atoms with Gasteiger partial charge in [0.05, 0.1) is 17.8 Å². The summed E-state index contributed by atoms with van der Waals surface area (Å²) < 4.78 is 1.89. The van der Waals surface area contributed by atoms with Gasteiger partial charge in [0.25, 0.3) is 5.91 Å². The Morgan fingerprint density at radius 3 is 2.78 bits per heavy atom. The third-order valence-electron chi connectivity index (χ3n) is 5.19. The molecule has 2 atom stereocenters. The van der Waals surface area contributed by atoms with Gasteiger partial charge < -0.3 is 15.7 Å². The highest BCUT2D eigenvalue weighted by molar-refractivity contribution is 5.93. The summed E-state index contributed by atoms with van der Waals surface area (Å²) in [7, 11) is 0. The summed E-state index contributed by atoms with van der Waals surface area (Å²) in [6.45, 7) is 4.38. The van der Waals surface area contributed by atoms with Gasteiger partial charge in [-0.25, -0.2) is 4.68 Å². The van der Waals surface area contributed by atoms with Gasteiger partial charge in [-0.05, 0) is 45.7 Å². The van der Waals surface area contributed by atoms with Gasteiger partial charge in [-0.3, -0.25) is 4.79 Å². The van der Waals surface area contributed by atoms with Gasteiger partial charge in [0, 0.05) is 12.5 Å². The Hall–Kier alpha value is -1.47. The van der Waals surface area contributed by atoms with Gasteiger partial charge in [-0.2, -0.15) is 0 Å². The van der Waals surface area contributed by atoms with Gasteiger partial charge in [-0.15, -0.1) is 5.10 Å². The largest absolute Gasteiger partial charge is 0.393 e. The molecule has 3 N–H and O–H groups in total. The Bertz CT molecular complexity index is 539. The average Bonchev–Trinajstić information content (AvgIpc) is 2.96. The molecule has 7 nitrogen and oxygen atoms in total. The summed E-state index contributed by atoms with van der Waals surface area (Å²) >= 11 is 0. The summed E-state index contributed by atoms with van der Waals surface area (Å²) in [4.78, 5) is 12.4. The van der Waals surface area contributed by atoms with Crippen molar-refractivity contribution in [2.24, 2.45) is 5.92 Å². The molecule has 2 fully saturated rings. The van der Waals surface area contributed by atoms with Crippen LogP contribution in [0.25, 0.3) is 0 Å². The van der Waals surface area contributed by atoms with Crippen molar-refractivity contribution in [3.63, 3.8) is 0 Å². The molecule has 1 aliphatic heterocycles. The number of hydrogen-bond donors (Lipinski definition) is 3. The summed E-state index contributed by atoms with van der Waals surface area (Å²) in [5.74, 6) is -0.0204. The number of rotatable bonds is 4. The zero-order chi connectivity index (χ0) is 16.2. The lowest BCUT2D eigenvalue weighted by molar-refractivity contribution is 0.0661. The molecule has 1 aromatic heterocycles. The van der Waals surface area contributed by atoms with Crippen LogP contribution < -0.4 is 10.6 Å². The Kier molecular flexibility index (Phi) is 5.27. The molecule has 1 aromatic rings. The number of aliphatic hydroxyl groups is 1. The molecule has 0 spiro atoms. The summed E-state index contributed by atoms with van der Waals surface area (Å²) in [5, 5.41) is 24.5. The minimum atomic E-state index is -0.296. The van der Waals surface area contributed by atoms with E-state index in [1.54, 1.807) is 0 Å². The second kappa shape index (κ2) is 7.40. The fraction of sp³-hybridized carbons (Fsp3) is 0.812. The van der Waals surface area contributed by atoms with E-state index in [0.717, 1.165) is 57.3 Å². The molecule has 0 radical (unpaired) electrons. The highest BCUT2D eigenvalue weighted by Crippen LogP contribution is 2.24. The Morgan fingerprint density at radius 2 is 2.04 bits per heavy atom. The quantitative estimate of drug-likeness (QED) is 0.762. The molecule has 1 amide bonds. The first-order chi connectivity index (χ1) is 11.2. The highest BCUT2D eigenvalue weighted by atomic mass is 16.3. The third kappa shape index (κ3) is 3.72. The molecule has 2 aliphatic rings. The van der Waals surface area contributed by atoms with Crippen LogP contribution in [0.3, 0.4) is 0 Å². The number of nitrogens with zero attached hydrogens (tertiary/aromatic N) is 3. The number of hydrogen-bond acceptors (Lipinski definition) is 5. The number of nitrogens with one attached hydrogen (secondary N) is 2. The van der Waals surface area contributed by atoms with E-state index >= 15 is 0 Å². The van der Waals surface area contributed by atoms with E-state index in [0.29, 0.717) is 18.3 Å². The van der Waals surface area contributed by atoms with Gasteiger partial charge >= 0.3 is 0 Å². The van der Waals surface area contributed by atoms with E-state index < -0.39 is 0 Å². The standard InChI is InChI=1S/C16H27N5O2/c1-11-15(19-20-21(11)13-6-8-17-9-7-13)16(23)18-10-12-4-2-3-5-14(12)22/h12-14,17,22H,2-10H2,1H3,(H,18,23). The first kappa shape index (κ1) is 16.4. The van der Waals surface area contributed by atoms with Crippen LogP contribution in [0, 0.1) is 12.8 Å². The molecule has 7 heteroatoms. The van der Waals surface area contributed by atoms with Crippen molar-refractivity contribution in [1.29, 1.82) is 0 Å². The van der Waals surface area contributed by atoms with Crippen molar-refractivity contribution in [2.45, 2.75) is 57.6 Å². The van der Waals surface area contributed by atoms with Crippen LogP contribution in [0.1, 0.15) is 60.7 Å². The maximum Gasteiger partial charge on any atom is 0.273 e. The van der Waals surface area contributed by atoms with E-state index in [1.165, 1.54) is 0 Å². The molecule has 3 rings (SSSR count). The van der Waals surface area contributed by atoms with Crippen LogP contribution in [0.15, 0.2) is 0 Å². The van der Waals surface area contributed by atoms with Crippen molar-refractivity contribution in [1.82, 2.24) is 25.6 Å². The molecular formula is C16H27N5O2. The molecule has 1 aliphatic carbocycles. The van der Waals surface area contributed by atoms with E-state index in [4.69, 9.17) is 0 Å². The Morgan fingerprint density at radius 1 is 1.30 bits per heavy atom. The van der Waals surface area contributed by atoms with Crippen molar-refractivity contribution >= 4 is 5.91 Å². The van der Waals surface area contributed by atoms with Gasteiger partial charge in [0.1, 0.15) is 0 Å². The Labute approximate surface area is 136 Å². The summed E-state index contributed by atoms with van der Waals surface area (Å²) in [6, 6.07) is 0.325. The molecule has 128 valence electrons. The van der Waals surface area contributed by atoms with Crippen molar-refractivity contribution in [3.05, 3.63) is 11.4 Å². The molecule has 2 unspecified atom stereocenters. The number of carbonyl (C=O) groups excluding carboxylic acids is 1. The van der Waals surface area contributed by atoms with Crippen molar-refractivity contribution < 1.29 is 9.90 Å². The predicted octanol–water partition coefficient (Wildman–Crippen LogP) is 0.792. The number of piperidine rings is 1. The molecule has 0 aromatic carbocycles. The fourth-order valence-corrected chi connectivity index (χ4v) is 3.68. The lowest BCUT2D eigenvalue weighted by atomic mass is 9.86. The third-order valence-corrected chi connectivity index (χ3v) is 5.19. The first-order valence-corrected chi connectivity index (χ1v) is 8.75. The molecular weight excluding hydrogens is 294 g/mol. The van der Waals surface area contributed by atoms with Crippen LogP contribution in [-0.4, -0.2) is 51.7 Å². The van der Waals surface area contributed by atoms with Crippen LogP contribution >= 0.6 is 0 Å². The minimum Gasteiger partial charge on any atom is -0.393 e. The van der Waals surface area contributed by atoms with Gasteiger partial charge in [-0.1, -0.05) is 18.1 Å². The number of aromatic nitrogens is 3. The molecule has 0 bridgehead atoms. The molecule has 1 saturated heterocycles. The van der Waals surface area contributed by atoms with Crippen LogP contribution in [0.5, 0.6) is 0 Å². The van der Waals surface area contributed by atoms with E-state index in [1.807, 2.05) is 11.6 Å². The average molecular weight is 321 g/mol. The SMILES string of the molecule is Cc1c(C(=O)NCC2CCCCC2O)nnn1C1CCNCC1. The smallest absolute Gasteiger partial charge is 0.273 e. The van der Waals surface area contributed by atoms with E-state index in [-0.39, 0.29) is 17.9 Å². The second-order valence-corrected chi connectivity index (χ2v) is 6.77. The molecule has 23 heavy (non-hydrogen) atoms. The maximum atomic E-state index is 12.4. The molecule has 1 saturated carbocycles. The number of carbonyl (C=O) groups is 1. The topological polar surface area (TPSA) is 92.1 Å². The lowest BCUT2D eigenvalue weighted by Gasteiger charge is -2.27. The molecule has 2 heterocycles. The fourth-order valence-electron chi connectivity index (χ4n) is 3.68. The summed E-state index contributed by atoms with van der Waals surface area (Å²) in [6.07, 6.45) is 5.75. The maximum absolute atomic E-state index is 12.4. The van der Waals surface area contributed by atoms with Crippen molar-refractivity contribution in [2.75, 3.05) is 19.6 Å². The van der Waals surface area contributed by atoms with Crippen LogP contribution in [0.4, 0.5) is 0 Å². The summed E-state index contributed by atoms with van der Waals surface area (Å²) in [5.41, 5.74) is 1.24. The number of amides is 1. The second-order valence-electron chi connectivity index (χ2n) is 6.77. The zero-order valence-electron chi connectivity index (χ0n) is 13.8. The highest BCUT2D eigenvalue weighted by Gasteiger charge is 2.26.